The van der Waals surface area contributed by atoms with Crippen molar-refractivity contribution in [3.8, 4) is 17.1 Å². The van der Waals surface area contributed by atoms with Crippen LogP contribution in [0.4, 0.5) is 0 Å². The van der Waals surface area contributed by atoms with Crippen LogP contribution in [0.2, 0.25) is 0 Å². The molecule has 1 aromatic carbocycles. The van der Waals surface area contributed by atoms with Gasteiger partial charge in [-0.1, -0.05) is 18.2 Å². The SMILES string of the molecule is [2H]C(C)(C)N(Cc1ccccc1OCCCCCC(=O)O)C(=O)c1ccc(-c2ccco2)cn1. The number of carbonyl (C=O) groups excluding carboxylic acids is 1. The number of unbranched alkanes of at least 4 members (excludes halogenated alkanes) is 2. The van der Waals surface area contributed by atoms with E-state index in [4.69, 9.17) is 15.6 Å². The largest absolute Gasteiger partial charge is 0.493 e. The van der Waals surface area contributed by atoms with Crippen LogP contribution < -0.4 is 4.74 Å². The molecule has 0 saturated heterocycles. The van der Waals surface area contributed by atoms with Crippen LogP contribution in [0.5, 0.6) is 5.75 Å². The number of para-hydroxylation sites is 1. The zero-order valence-corrected chi connectivity index (χ0v) is 19.0. The lowest BCUT2D eigenvalue weighted by molar-refractivity contribution is -0.137. The third-order valence-corrected chi connectivity index (χ3v) is 5.17. The van der Waals surface area contributed by atoms with Crippen molar-refractivity contribution in [3.63, 3.8) is 0 Å². The van der Waals surface area contributed by atoms with Crippen molar-refractivity contribution in [1.82, 2.24) is 9.88 Å². The number of aliphatic carboxylic acids is 1. The molecule has 1 N–H and O–H groups in total. The van der Waals surface area contributed by atoms with Gasteiger partial charge in [-0.25, -0.2) is 0 Å². The highest BCUT2D eigenvalue weighted by Crippen LogP contribution is 2.23. The molecule has 33 heavy (non-hydrogen) atoms. The number of carbonyl (C=O) groups is 2. The minimum Gasteiger partial charge on any atom is -0.493 e. The number of furan rings is 1. The molecule has 0 atom stereocenters. The van der Waals surface area contributed by atoms with E-state index in [1.54, 1.807) is 44.5 Å². The zero-order valence-electron chi connectivity index (χ0n) is 20.0. The molecule has 174 valence electrons. The lowest BCUT2D eigenvalue weighted by atomic mass is 10.1. The lowest BCUT2D eigenvalue weighted by Crippen LogP contribution is -2.37. The predicted octanol–water partition coefficient (Wildman–Crippen LogP) is 5.42. The molecule has 0 saturated carbocycles. The summed E-state index contributed by atoms with van der Waals surface area (Å²) in [6.07, 6.45) is 5.43. The zero-order chi connectivity index (χ0) is 24.6. The van der Waals surface area contributed by atoms with Crippen molar-refractivity contribution in [1.29, 1.82) is 0 Å². The second-order valence-electron chi connectivity index (χ2n) is 7.91. The molecular weight excluding hydrogens is 420 g/mol. The van der Waals surface area contributed by atoms with Gasteiger partial charge in [0.15, 0.2) is 0 Å². The number of rotatable bonds is 12. The Labute approximate surface area is 195 Å². The highest BCUT2D eigenvalue weighted by atomic mass is 16.5. The number of hydrogen-bond donors (Lipinski definition) is 1. The maximum absolute atomic E-state index is 13.3. The third-order valence-electron chi connectivity index (χ3n) is 5.17. The Morgan fingerprint density at radius 3 is 2.61 bits per heavy atom. The Morgan fingerprint density at radius 2 is 1.94 bits per heavy atom. The number of pyridine rings is 1. The number of carboxylic acid groups (broad SMARTS) is 1. The van der Waals surface area contributed by atoms with Gasteiger partial charge in [0.05, 0.1) is 14.2 Å². The lowest BCUT2D eigenvalue weighted by Gasteiger charge is -2.27. The maximum atomic E-state index is 13.3. The van der Waals surface area contributed by atoms with Crippen LogP contribution in [0.1, 0.15) is 57.0 Å². The summed E-state index contributed by atoms with van der Waals surface area (Å²) in [5, 5.41) is 8.73. The molecule has 1 amide bonds. The smallest absolute Gasteiger partial charge is 0.303 e. The summed E-state index contributed by atoms with van der Waals surface area (Å²) in [4.78, 5) is 29.7. The summed E-state index contributed by atoms with van der Waals surface area (Å²) in [5.74, 6) is 0.163. The average Bonchev–Trinajstić information content (AvgIpc) is 3.34. The van der Waals surface area contributed by atoms with E-state index in [9.17, 15) is 9.59 Å². The van der Waals surface area contributed by atoms with Gasteiger partial charge in [0.25, 0.3) is 5.91 Å². The molecule has 2 aromatic heterocycles. The van der Waals surface area contributed by atoms with Gasteiger partial charge in [0, 0.05) is 36.3 Å². The van der Waals surface area contributed by atoms with E-state index in [1.807, 2.05) is 30.3 Å². The van der Waals surface area contributed by atoms with Gasteiger partial charge in [-0.05, 0) is 63.4 Å². The molecule has 0 bridgehead atoms. The first-order valence-corrected chi connectivity index (χ1v) is 11.0. The second-order valence-corrected chi connectivity index (χ2v) is 7.91. The molecule has 3 aromatic rings. The van der Waals surface area contributed by atoms with E-state index in [0.29, 0.717) is 24.5 Å². The van der Waals surface area contributed by atoms with Gasteiger partial charge in [-0.3, -0.25) is 14.6 Å². The Balaban J connectivity index is 1.69. The summed E-state index contributed by atoms with van der Waals surface area (Å²) < 4.78 is 19.9. The minimum atomic E-state index is -1.19. The normalized spacial score (nSPS) is 11.6. The summed E-state index contributed by atoms with van der Waals surface area (Å²) in [6, 6.07) is 13.3. The molecule has 0 radical (unpaired) electrons. The Kier molecular flexibility index (Phi) is 8.11. The van der Waals surface area contributed by atoms with Crippen LogP contribution >= 0.6 is 0 Å². The second kappa shape index (κ2) is 11.9. The van der Waals surface area contributed by atoms with Crippen molar-refractivity contribution in [2.45, 2.75) is 52.1 Å². The van der Waals surface area contributed by atoms with Gasteiger partial charge in [-0.15, -0.1) is 0 Å². The maximum Gasteiger partial charge on any atom is 0.303 e. The molecule has 0 aliphatic rings. The summed E-state index contributed by atoms with van der Waals surface area (Å²) >= 11 is 0. The Bertz CT molecular complexity index is 1080. The molecule has 3 rings (SSSR count). The van der Waals surface area contributed by atoms with Crippen molar-refractivity contribution in [2.75, 3.05) is 6.61 Å². The van der Waals surface area contributed by atoms with Crippen molar-refractivity contribution in [3.05, 3.63) is 72.2 Å². The van der Waals surface area contributed by atoms with E-state index in [2.05, 4.69) is 4.98 Å². The predicted molar refractivity (Wildman–Crippen MR) is 125 cm³/mol. The highest BCUT2D eigenvalue weighted by Gasteiger charge is 2.22. The van der Waals surface area contributed by atoms with Gasteiger partial charge < -0.3 is 19.2 Å². The fourth-order valence-corrected chi connectivity index (χ4v) is 3.36. The molecule has 7 nitrogen and oxygen atoms in total. The van der Waals surface area contributed by atoms with E-state index < -0.39 is 12.0 Å². The molecule has 0 aliphatic heterocycles. The first-order chi connectivity index (χ1) is 16.3. The quantitative estimate of drug-likeness (QED) is 0.370. The first-order valence-electron chi connectivity index (χ1n) is 11.5. The minimum absolute atomic E-state index is 0.156. The van der Waals surface area contributed by atoms with Crippen LogP contribution in [-0.4, -0.2) is 39.5 Å². The molecule has 0 unspecified atom stereocenters. The average molecular weight is 452 g/mol. The standard InChI is InChI=1S/C26H30N2O5/c1-19(2)28(26(31)22-14-13-20(17-27-22)23-11-8-16-33-23)18-21-9-5-6-10-24(21)32-15-7-3-4-12-25(29)30/h5-6,8-11,13-14,16-17,19H,3-4,7,12,15,18H2,1-2H3,(H,29,30)/i19D. The van der Waals surface area contributed by atoms with E-state index >= 15 is 0 Å². The van der Waals surface area contributed by atoms with Gasteiger partial charge in [0.1, 0.15) is 17.2 Å². The van der Waals surface area contributed by atoms with Crippen molar-refractivity contribution < 1.29 is 25.2 Å². The van der Waals surface area contributed by atoms with Crippen molar-refractivity contribution >= 4 is 11.9 Å². The number of amides is 1. The summed E-state index contributed by atoms with van der Waals surface area (Å²) in [5.41, 5.74) is 1.79. The molecule has 0 spiro atoms. The topological polar surface area (TPSA) is 92.9 Å². The van der Waals surface area contributed by atoms with Crippen LogP contribution in [0.3, 0.4) is 0 Å². The van der Waals surface area contributed by atoms with Crippen LogP contribution in [0, 0.1) is 0 Å². The van der Waals surface area contributed by atoms with Gasteiger partial charge >= 0.3 is 5.97 Å². The molecule has 7 heteroatoms. The van der Waals surface area contributed by atoms with Crippen LogP contribution in [0.25, 0.3) is 11.3 Å². The third kappa shape index (κ3) is 6.94. The number of nitrogens with zero attached hydrogens (tertiary/aromatic N) is 2. The number of benzene rings is 1. The summed E-state index contributed by atoms with van der Waals surface area (Å²) in [6.45, 7) is 3.96. The fourth-order valence-electron chi connectivity index (χ4n) is 3.36. The fraction of sp³-hybridized carbons (Fsp3) is 0.346. The molecular formula is C26H30N2O5. The molecule has 2 heterocycles. The number of ether oxygens (including phenoxy) is 1. The monoisotopic (exact) mass is 451 g/mol. The first kappa shape index (κ1) is 22.6. The number of carboxylic acids is 1. The van der Waals surface area contributed by atoms with E-state index in [1.165, 1.54) is 4.90 Å². The van der Waals surface area contributed by atoms with Crippen LogP contribution in [-0.2, 0) is 11.3 Å². The van der Waals surface area contributed by atoms with E-state index in [0.717, 1.165) is 24.0 Å². The molecule has 0 fully saturated rings. The Morgan fingerprint density at radius 1 is 1.12 bits per heavy atom. The highest BCUT2D eigenvalue weighted by molar-refractivity contribution is 5.92. The van der Waals surface area contributed by atoms with Gasteiger partial charge in [-0.2, -0.15) is 0 Å². The van der Waals surface area contributed by atoms with Crippen molar-refractivity contribution in [2.24, 2.45) is 0 Å². The Hall–Kier alpha value is -3.61. The number of hydrogen-bond acceptors (Lipinski definition) is 5. The van der Waals surface area contributed by atoms with E-state index in [-0.39, 0.29) is 24.6 Å². The number of aromatic nitrogens is 1. The van der Waals surface area contributed by atoms with Gasteiger partial charge in [0.2, 0.25) is 0 Å². The summed E-state index contributed by atoms with van der Waals surface area (Å²) in [7, 11) is 0. The molecule has 0 aliphatic carbocycles. The van der Waals surface area contributed by atoms with Crippen LogP contribution in [0.15, 0.2) is 65.4 Å².